The molecule has 0 saturated carbocycles. The lowest BCUT2D eigenvalue weighted by Gasteiger charge is -2.32. The quantitative estimate of drug-likeness (QED) is 0.873. The molecule has 6 heteroatoms. The Kier molecular flexibility index (Phi) is 4.67. The van der Waals surface area contributed by atoms with E-state index in [0.29, 0.717) is 26.1 Å². The van der Waals surface area contributed by atoms with Crippen LogP contribution < -0.4 is 5.32 Å². The molecule has 4 nitrogen and oxygen atoms in total. The van der Waals surface area contributed by atoms with Gasteiger partial charge < -0.3 is 15.2 Å². The Labute approximate surface area is 115 Å². The first-order valence-corrected chi connectivity index (χ1v) is 6.50. The summed E-state index contributed by atoms with van der Waals surface area (Å²) in [6, 6.07) is 3.72. The highest BCUT2D eigenvalue weighted by atomic mass is 19.2. The fourth-order valence-electron chi connectivity index (χ4n) is 2.11. The third-order valence-electron chi connectivity index (χ3n) is 3.42. The highest BCUT2D eigenvalue weighted by Gasteiger charge is 2.30. The van der Waals surface area contributed by atoms with Gasteiger partial charge in [0.15, 0.2) is 11.6 Å². The van der Waals surface area contributed by atoms with Crippen LogP contribution in [0.15, 0.2) is 18.2 Å². The Morgan fingerprint density at radius 2 is 2.05 bits per heavy atom. The largest absolute Gasteiger partial charge is 0.388 e. The third kappa shape index (κ3) is 3.74. The van der Waals surface area contributed by atoms with Crippen LogP contribution in [-0.4, -0.2) is 36.4 Å². The van der Waals surface area contributed by atoms with E-state index >= 15 is 0 Å². The van der Waals surface area contributed by atoms with Gasteiger partial charge in [-0.2, -0.15) is 0 Å². The summed E-state index contributed by atoms with van der Waals surface area (Å²) in [6.45, 7) is 0.988. The molecule has 0 bridgehead atoms. The fourth-order valence-corrected chi connectivity index (χ4v) is 2.11. The molecule has 1 heterocycles. The maximum atomic E-state index is 13.4. The molecule has 0 aromatic heterocycles. The van der Waals surface area contributed by atoms with Crippen molar-refractivity contribution in [1.82, 2.24) is 5.32 Å². The summed E-state index contributed by atoms with van der Waals surface area (Å²) in [5, 5.41) is 12.7. The number of carbonyl (C=O) groups is 1. The van der Waals surface area contributed by atoms with Crippen molar-refractivity contribution in [3.63, 3.8) is 0 Å². The number of aliphatic hydroxyl groups is 1. The van der Waals surface area contributed by atoms with Crippen LogP contribution >= 0.6 is 0 Å². The number of nitrogens with one attached hydrogen (secondary N) is 1. The minimum Gasteiger partial charge on any atom is -0.388 e. The second-order valence-electron chi connectivity index (χ2n) is 5.00. The second-order valence-corrected chi connectivity index (χ2v) is 5.00. The molecule has 1 saturated heterocycles. The molecule has 0 spiro atoms. The SMILES string of the molecule is O=C(Cc1cccc(F)c1F)NCC1(O)CCOCC1. The third-order valence-corrected chi connectivity index (χ3v) is 3.42. The van der Waals surface area contributed by atoms with Crippen molar-refractivity contribution >= 4 is 5.91 Å². The molecular weight excluding hydrogens is 268 g/mol. The Morgan fingerprint density at radius 1 is 1.35 bits per heavy atom. The van der Waals surface area contributed by atoms with Gasteiger partial charge in [-0.3, -0.25) is 4.79 Å². The molecular formula is C14H17F2NO3. The first-order chi connectivity index (χ1) is 9.50. The van der Waals surface area contributed by atoms with Crippen molar-refractivity contribution in [3.05, 3.63) is 35.4 Å². The van der Waals surface area contributed by atoms with Crippen molar-refractivity contribution < 1.29 is 23.4 Å². The molecule has 0 unspecified atom stereocenters. The van der Waals surface area contributed by atoms with Crippen LogP contribution in [0, 0.1) is 11.6 Å². The zero-order valence-electron chi connectivity index (χ0n) is 11.0. The van der Waals surface area contributed by atoms with Crippen LogP contribution in [0.3, 0.4) is 0 Å². The van der Waals surface area contributed by atoms with Crippen molar-refractivity contribution in [2.24, 2.45) is 0 Å². The lowest BCUT2D eigenvalue weighted by molar-refractivity contribution is -0.123. The summed E-state index contributed by atoms with van der Waals surface area (Å²) in [7, 11) is 0. The lowest BCUT2D eigenvalue weighted by Crippen LogP contribution is -2.47. The topological polar surface area (TPSA) is 58.6 Å². The predicted molar refractivity (Wildman–Crippen MR) is 68.1 cm³/mol. The van der Waals surface area contributed by atoms with E-state index < -0.39 is 23.1 Å². The van der Waals surface area contributed by atoms with Gasteiger partial charge in [-0.15, -0.1) is 0 Å². The number of hydrogen-bond acceptors (Lipinski definition) is 3. The summed E-state index contributed by atoms with van der Waals surface area (Å²) in [5.41, 5.74) is -0.976. The number of halogens is 2. The Balaban J connectivity index is 1.88. The van der Waals surface area contributed by atoms with E-state index in [1.165, 1.54) is 12.1 Å². The molecule has 2 N–H and O–H groups in total. The number of ether oxygens (including phenoxy) is 1. The van der Waals surface area contributed by atoms with Crippen molar-refractivity contribution in [2.45, 2.75) is 24.9 Å². The Morgan fingerprint density at radius 3 is 2.75 bits per heavy atom. The van der Waals surface area contributed by atoms with E-state index in [9.17, 15) is 18.7 Å². The van der Waals surface area contributed by atoms with E-state index in [4.69, 9.17) is 4.74 Å². The number of rotatable bonds is 4. The summed E-state index contributed by atoms with van der Waals surface area (Å²) in [6.07, 6.45) is 0.638. The summed E-state index contributed by atoms with van der Waals surface area (Å²) in [5.74, 6) is -2.43. The number of carbonyl (C=O) groups excluding carboxylic acids is 1. The van der Waals surface area contributed by atoms with E-state index in [-0.39, 0.29) is 18.5 Å². The lowest BCUT2D eigenvalue weighted by atomic mass is 9.94. The zero-order chi connectivity index (χ0) is 14.6. The zero-order valence-corrected chi connectivity index (χ0v) is 11.0. The molecule has 20 heavy (non-hydrogen) atoms. The Bertz CT molecular complexity index is 487. The van der Waals surface area contributed by atoms with Crippen molar-refractivity contribution in [2.75, 3.05) is 19.8 Å². The summed E-state index contributed by atoms with van der Waals surface area (Å²) >= 11 is 0. The van der Waals surface area contributed by atoms with Crippen molar-refractivity contribution in [3.8, 4) is 0 Å². The second kappa shape index (κ2) is 6.28. The molecule has 1 aliphatic heterocycles. The summed E-state index contributed by atoms with van der Waals surface area (Å²) < 4.78 is 31.6. The number of hydrogen-bond donors (Lipinski definition) is 2. The average molecular weight is 285 g/mol. The maximum absolute atomic E-state index is 13.4. The molecule has 1 aliphatic rings. The van der Waals surface area contributed by atoms with Gasteiger partial charge in [-0.25, -0.2) is 8.78 Å². The van der Waals surface area contributed by atoms with Crippen LogP contribution in [0.5, 0.6) is 0 Å². The van der Waals surface area contributed by atoms with Gasteiger partial charge in [0.2, 0.25) is 5.91 Å². The van der Waals surface area contributed by atoms with Gasteiger partial charge >= 0.3 is 0 Å². The van der Waals surface area contributed by atoms with Gasteiger partial charge in [-0.1, -0.05) is 12.1 Å². The molecule has 110 valence electrons. The number of amides is 1. The van der Waals surface area contributed by atoms with E-state index in [1.54, 1.807) is 0 Å². The monoisotopic (exact) mass is 285 g/mol. The van der Waals surface area contributed by atoms with Gasteiger partial charge in [0.05, 0.1) is 12.0 Å². The molecule has 1 fully saturated rings. The molecule has 0 atom stereocenters. The van der Waals surface area contributed by atoms with Crippen LogP contribution in [0.25, 0.3) is 0 Å². The molecule has 0 aliphatic carbocycles. The van der Waals surface area contributed by atoms with Gasteiger partial charge in [0.1, 0.15) is 0 Å². The first-order valence-electron chi connectivity index (χ1n) is 6.50. The van der Waals surface area contributed by atoms with Gasteiger partial charge in [0.25, 0.3) is 0 Å². The van der Waals surface area contributed by atoms with E-state index in [1.807, 2.05) is 0 Å². The van der Waals surface area contributed by atoms with Gasteiger partial charge in [-0.05, 0) is 6.07 Å². The van der Waals surface area contributed by atoms with Crippen LogP contribution in [-0.2, 0) is 16.0 Å². The Hall–Kier alpha value is -1.53. The molecule has 1 aromatic carbocycles. The first kappa shape index (κ1) is 14.9. The van der Waals surface area contributed by atoms with Crippen molar-refractivity contribution in [1.29, 1.82) is 0 Å². The predicted octanol–water partition coefficient (Wildman–Crippen LogP) is 1.17. The fraction of sp³-hybridized carbons (Fsp3) is 0.500. The standard InChI is InChI=1S/C14H17F2NO3/c15-11-3-1-2-10(13(11)16)8-12(18)17-9-14(19)4-6-20-7-5-14/h1-3,19H,4-9H2,(H,17,18). The molecule has 0 radical (unpaired) electrons. The molecule has 1 aromatic rings. The smallest absolute Gasteiger partial charge is 0.224 e. The van der Waals surface area contributed by atoms with E-state index in [0.717, 1.165) is 6.07 Å². The highest BCUT2D eigenvalue weighted by Crippen LogP contribution is 2.19. The van der Waals surface area contributed by atoms with E-state index in [2.05, 4.69) is 5.32 Å². The summed E-state index contributed by atoms with van der Waals surface area (Å²) in [4.78, 5) is 11.7. The van der Waals surface area contributed by atoms with Crippen LogP contribution in [0.2, 0.25) is 0 Å². The van der Waals surface area contributed by atoms with Crippen LogP contribution in [0.1, 0.15) is 18.4 Å². The molecule has 1 amide bonds. The number of benzene rings is 1. The normalized spacial score (nSPS) is 17.8. The maximum Gasteiger partial charge on any atom is 0.224 e. The minimum atomic E-state index is -1.01. The molecule has 2 rings (SSSR count). The van der Waals surface area contributed by atoms with Gasteiger partial charge in [0, 0.05) is 38.2 Å². The minimum absolute atomic E-state index is 0.00136. The highest BCUT2D eigenvalue weighted by molar-refractivity contribution is 5.78. The average Bonchev–Trinajstić information content (AvgIpc) is 2.43. The van der Waals surface area contributed by atoms with Crippen LogP contribution in [0.4, 0.5) is 8.78 Å².